The van der Waals surface area contributed by atoms with E-state index in [1.165, 1.54) is 6.07 Å². The third-order valence-corrected chi connectivity index (χ3v) is 6.59. The van der Waals surface area contributed by atoms with Crippen LogP contribution in [0.3, 0.4) is 0 Å². The maximum atomic E-state index is 13.1. The van der Waals surface area contributed by atoms with Crippen molar-refractivity contribution >= 4 is 27.5 Å². The van der Waals surface area contributed by atoms with Crippen molar-refractivity contribution in [3.05, 3.63) is 48.0 Å². The Morgan fingerprint density at radius 3 is 2.67 bits per heavy atom. The Morgan fingerprint density at radius 2 is 1.90 bits per heavy atom. The summed E-state index contributed by atoms with van der Waals surface area (Å²) in [6.45, 7) is 4.81. The van der Waals surface area contributed by atoms with E-state index in [1.807, 2.05) is 13.8 Å². The van der Waals surface area contributed by atoms with Gasteiger partial charge in [-0.1, -0.05) is 32.4 Å². The largest absolute Gasteiger partial charge is 0.486 e. The Bertz CT molecular complexity index is 1110. The molecule has 2 heterocycles. The standard InChI is InChI=1S/C21H23N3O5S/c1-3-13(2)19(23-20-15-6-4-5-7-18(15)30(26,27)24-20)21(25)22-14-8-9-16-17(12-14)29-11-10-28-16/h4-9,12-13,19H,3,10-11H2,1-2H3,(H,22,25)(H,23,24)/t13-,19+/m0/s1. The van der Waals surface area contributed by atoms with Gasteiger partial charge in [-0.05, 0) is 30.2 Å². The molecular weight excluding hydrogens is 406 g/mol. The molecule has 0 saturated heterocycles. The van der Waals surface area contributed by atoms with Gasteiger partial charge >= 0.3 is 0 Å². The maximum Gasteiger partial charge on any atom is 0.263 e. The lowest BCUT2D eigenvalue weighted by atomic mass is 9.98. The lowest BCUT2D eigenvalue weighted by Gasteiger charge is -2.21. The van der Waals surface area contributed by atoms with Gasteiger partial charge in [0.05, 0.1) is 4.90 Å². The number of sulfonamides is 1. The van der Waals surface area contributed by atoms with Crippen LogP contribution in [0.2, 0.25) is 0 Å². The van der Waals surface area contributed by atoms with Crippen LogP contribution in [0.4, 0.5) is 5.69 Å². The number of amidine groups is 1. The zero-order chi connectivity index (χ0) is 21.3. The monoisotopic (exact) mass is 429 g/mol. The normalized spacial score (nSPS) is 19.5. The second-order valence-electron chi connectivity index (χ2n) is 7.26. The number of rotatable bonds is 5. The van der Waals surface area contributed by atoms with Gasteiger partial charge in [-0.3, -0.25) is 14.5 Å². The van der Waals surface area contributed by atoms with Crippen LogP contribution in [-0.2, 0) is 14.8 Å². The first kappa shape index (κ1) is 20.2. The minimum Gasteiger partial charge on any atom is -0.486 e. The number of nitrogens with zero attached hydrogens (tertiary/aromatic N) is 1. The molecule has 0 unspecified atom stereocenters. The van der Waals surface area contributed by atoms with Gasteiger partial charge < -0.3 is 14.8 Å². The van der Waals surface area contributed by atoms with E-state index in [0.717, 1.165) is 0 Å². The highest BCUT2D eigenvalue weighted by atomic mass is 32.2. The van der Waals surface area contributed by atoms with Crippen molar-refractivity contribution in [3.63, 3.8) is 0 Å². The number of carbonyl (C=O) groups is 1. The highest BCUT2D eigenvalue weighted by Crippen LogP contribution is 2.33. The summed E-state index contributed by atoms with van der Waals surface area (Å²) in [6, 6.07) is 11.0. The van der Waals surface area contributed by atoms with Gasteiger partial charge in [-0.2, -0.15) is 0 Å². The van der Waals surface area contributed by atoms with Gasteiger partial charge in [-0.25, -0.2) is 8.42 Å². The number of ether oxygens (including phenoxy) is 2. The molecule has 0 bridgehead atoms. The third kappa shape index (κ3) is 3.85. The molecule has 2 aromatic carbocycles. The Morgan fingerprint density at radius 1 is 1.17 bits per heavy atom. The quantitative estimate of drug-likeness (QED) is 0.760. The summed E-state index contributed by atoms with van der Waals surface area (Å²) in [5, 5.41) is 2.87. The van der Waals surface area contributed by atoms with Crippen LogP contribution in [0.25, 0.3) is 0 Å². The Balaban J connectivity index is 1.62. The van der Waals surface area contributed by atoms with Crippen molar-refractivity contribution in [1.29, 1.82) is 0 Å². The van der Waals surface area contributed by atoms with E-state index in [4.69, 9.17) is 9.47 Å². The number of benzene rings is 2. The average Bonchev–Trinajstić information content (AvgIpc) is 3.01. The van der Waals surface area contributed by atoms with Crippen LogP contribution in [0.5, 0.6) is 11.5 Å². The van der Waals surface area contributed by atoms with E-state index in [0.29, 0.717) is 42.4 Å². The molecule has 0 saturated carbocycles. The van der Waals surface area contributed by atoms with Gasteiger partial charge in [0, 0.05) is 17.3 Å². The predicted molar refractivity (Wildman–Crippen MR) is 113 cm³/mol. The first-order valence-electron chi connectivity index (χ1n) is 9.79. The average molecular weight is 429 g/mol. The second-order valence-corrected chi connectivity index (χ2v) is 8.91. The smallest absolute Gasteiger partial charge is 0.263 e. The fourth-order valence-electron chi connectivity index (χ4n) is 3.37. The highest BCUT2D eigenvalue weighted by Gasteiger charge is 2.33. The number of amides is 1. The molecule has 0 spiro atoms. The summed E-state index contributed by atoms with van der Waals surface area (Å²) in [7, 11) is -3.67. The molecule has 8 nitrogen and oxygen atoms in total. The van der Waals surface area contributed by atoms with E-state index in [-0.39, 0.29) is 22.6 Å². The first-order chi connectivity index (χ1) is 14.4. The zero-order valence-corrected chi connectivity index (χ0v) is 17.5. The van der Waals surface area contributed by atoms with Crippen LogP contribution in [-0.4, -0.2) is 39.4 Å². The molecule has 1 amide bonds. The molecule has 9 heteroatoms. The molecule has 0 fully saturated rings. The van der Waals surface area contributed by atoms with Gasteiger partial charge in [0.1, 0.15) is 25.1 Å². The van der Waals surface area contributed by atoms with Crippen molar-refractivity contribution in [1.82, 2.24) is 4.72 Å². The molecule has 158 valence electrons. The molecule has 2 atom stereocenters. The summed E-state index contributed by atoms with van der Waals surface area (Å²) in [5.41, 5.74) is 1.03. The number of hydrogen-bond acceptors (Lipinski definition) is 6. The molecule has 0 radical (unpaired) electrons. The summed E-state index contributed by atoms with van der Waals surface area (Å²) in [5.74, 6) is 0.968. The number of fused-ring (bicyclic) bond motifs is 2. The highest BCUT2D eigenvalue weighted by molar-refractivity contribution is 7.90. The van der Waals surface area contributed by atoms with Crippen LogP contribution >= 0.6 is 0 Å². The zero-order valence-electron chi connectivity index (χ0n) is 16.7. The van der Waals surface area contributed by atoms with Crippen molar-refractivity contribution in [2.75, 3.05) is 18.5 Å². The molecule has 0 aromatic heterocycles. The fourth-order valence-corrected chi connectivity index (χ4v) is 4.61. The third-order valence-electron chi connectivity index (χ3n) is 5.19. The van der Waals surface area contributed by atoms with E-state index in [9.17, 15) is 13.2 Å². The van der Waals surface area contributed by atoms with Gasteiger partial charge in [-0.15, -0.1) is 0 Å². The molecule has 2 aromatic rings. The topological polar surface area (TPSA) is 106 Å². The molecule has 2 aliphatic heterocycles. The number of nitrogens with one attached hydrogen (secondary N) is 2. The SMILES string of the molecule is CC[C@H](C)[C@@H](N=C1NS(=O)(=O)c2ccccc21)C(=O)Nc1ccc2c(c1)OCCO2. The van der Waals surface area contributed by atoms with Crippen LogP contribution in [0, 0.1) is 5.92 Å². The lowest BCUT2D eigenvalue weighted by molar-refractivity contribution is -0.118. The number of aliphatic imine (C=N–C) groups is 1. The van der Waals surface area contributed by atoms with Gasteiger partial charge in [0.15, 0.2) is 11.5 Å². The lowest BCUT2D eigenvalue weighted by Crippen LogP contribution is -2.34. The Hall–Kier alpha value is -3.07. The van der Waals surface area contributed by atoms with Crippen molar-refractivity contribution in [2.45, 2.75) is 31.2 Å². The summed E-state index contributed by atoms with van der Waals surface area (Å²) >= 11 is 0. The fraction of sp³-hybridized carbons (Fsp3) is 0.333. The first-order valence-corrected chi connectivity index (χ1v) is 11.3. The molecule has 0 aliphatic carbocycles. The molecule has 2 N–H and O–H groups in total. The van der Waals surface area contributed by atoms with E-state index >= 15 is 0 Å². The minimum absolute atomic E-state index is 0.105. The molecule has 30 heavy (non-hydrogen) atoms. The van der Waals surface area contributed by atoms with Gasteiger partial charge in [0.2, 0.25) is 5.91 Å². The molecule has 2 aliphatic rings. The van der Waals surface area contributed by atoms with Crippen molar-refractivity contribution in [2.24, 2.45) is 10.9 Å². The Kier molecular flexibility index (Phi) is 5.38. The predicted octanol–water partition coefficient (Wildman–Crippen LogP) is 2.55. The second kappa shape index (κ2) is 7.98. The van der Waals surface area contributed by atoms with Crippen LogP contribution in [0.15, 0.2) is 52.4 Å². The number of anilines is 1. The van der Waals surface area contributed by atoms with Crippen molar-refractivity contribution < 1.29 is 22.7 Å². The summed E-state index contributed by atoms with van der Waals surface area (Å²) in [6.07, 6.45) is 0.699. The summed E-state index contributed by atoms with van der Waals surface area (Å²) in [4.78, 5) is 17.8. The Labute approximate surface area is 175 Å². The maximum absolute atomic E-state index is 13.1. The van der Waals surface area contributed by atoms with Crippen LogP contribution < -0.4 is 19.5 Å². The van der Waals surface area contributed by atoms with E-state index < -0.39 is 16.1 Å². The van der Waals surface area contributed by atoms with Crippen molar-refractivity contribution in [3.8, 4) is 11.5 Å². The van der Waals surface area contributed by atoms with Gasteiger partial charge in [0.25, 0.3) is 10.0 Å². The molecular formula is C21H23N3O5S. The minimum atomic E-state index is -3.67. The van der Waals surface area contributed by atoms with E-state index in [1.54, 1.807) is 36.4 Å². The summed E-state index contributed by atoms with van der Waals surface area (Å²) < 4.78 is 38.3. The molecule has 4 rings (SSSR count). The van der Waals surface area contributed by atoms with E-state index in [2.05, 4.69) is 15.0 Å². The van der Waals surface area contributed by atoms with Crippen LogP contribution in [0.1, 0.15) is 25.8 Å². The number of carbonyl (C=O) groups excluding carboxylic acids is 1. The number of hydrogen-bond donors (Lipinski definition) is 2.